The molecule has 0 radical (unpaired) electrons. The van der Waals surface area contributed by atoms with Gasteiger partial charge < -0.3 is 14.9 Å². The predicted octanol–water partition coefficient (Wildman–Crippen LogP) is 6.56. The second kappa shape index (κ2) is 8.11. The SMILES string of the molecule is Oc1ccc2c(c1)CC1(C2)Cc2ccc(O)cc2C1=Cc1ccc(OCc2ccccc2)cc1. The van der Waals surface area contributed by atoms with Crippen LogP contribution in [0.15, 0.2) is 91.0 Å². The lowest BCUT2D eigenvalue weighted by Gasteiger charge is -2.26. The number of aromatic hydroxyl groups is 2. The molecule has 0 aliphatic heterocycles. The Morgan fingerprint density at radius 3 is 2.18 bits per heavy atom. The summed E-state index contributed by atoms with van der Waals surface area (Å²) in [5.41, 5.74) is 8.35. The van der Waals surface area contributed by atoms with Gasteiger partial charge in [0.25, 0.3) is 0 Å². The van der Waals surface area contributed by atoms with Gasteiger partial charge in [-0.2, -0.15) is 0 Å². The van der Waals surface area contributed by atoms with Crippen LogP contribution in [-0.4, -0.2) is 10.2 Å². The molecule has 1 atom stereocenters. The third kappa shape index (κ3) is 3.73. The molecule has 0 aromatic heterocycles. The highest BCUT2D eigenvalue weighted by atomic mass is 16.5. The smallest absolute Gasteiger partial charge is 0.119 e. The van der Waals surface area contributed by atoms with Crippen molar-refractivity contribution in [2.75, 3.05) is 0 Å². The van der Waals surface area contributed by atoms with Crippen molar-refractivity contribution >= 4 is 11.6 Å². The van der Waals surface area contributed by atoms with Crippen LogP contribution in [0.25, 0.3) is 11.6 Å². The molecule has 1 unspecified atom stereocenters. The second-order valence-electron chi connectivity index (χ2n) is 9.51. The minimum absolute atomic E-state index is 0.0608. The van der Waals surface area contributed by atoms with Crippen molar-refractivity contribution < 1.29 is 14.9 Å². The van der Waals surface area contributed by atoms with Gasteiger partial charge in [-0.1, -0.05) is 60.7 Å². The number of hydrogen-bond donors (Lipinski definition) is 2. The third-order valence-corrected chi connectivity index (χ3v) is 7.17. The van der Waals surface area contributed by atoms with Crippen molar-refractivity contribution in [3.63, 3.8) is 0 Å². The Hall–Kier alpha value is -3.98. The van der Waals surface area contributed by atoms with Crippen LogP contribution < -0.4 is 4.74 Å². The van der Waals surface area contributed by atoms with Gasteiger partial charge >= 0.3 is 0 Å². The van der Waals surface area contributed by atoms with Gasteiger partial charge in [0.15, 0.2) is 0 Å². The molecule has 0 saturated heterocycles. The summed E-state index contributed by atoms with van der Waals surface area (Å²) in [4.78, 5) is 0. The molecule has 34 heavy (non-hydrogen) atoms. The average Bonchev–Trinajstić information content (AvgIpc) is 3.35. The van der Waals surface area contributed by atoms with Crippen LogP contribution in [0, 0.1) is 5.41 Å². The molecule has 6 rings (SSSR count). The van der Waals surface area contributed by atoms with Crippen LogP contribution in [0.3, 0.4) is 0 Å². The highest BCUT2D eigenvalue weighted by molar-refractivity contribution is 5.90. The molecule has 3 nitrogen and oxygen atoms in total. The summed E-state index contributed by atoms with van der Waals surface area (Å²) in [6, 6.07) is 29.8. The van der Waals surface area contributed by atoms with E-state index in [0.717, 1.165) is 41.7 Å². The first-order valence-electron chi connectivity index (χ1n) is 11.7. The van der Waals surface area contributed by atoms with Crippen molar-refractivity contribution in [2.24, 2.45) is 5.41 Å². The van der Waals surface area contributed by atoms with Crippen molar-refractivity contribution in [3.05, 3.63) is 124 Å². The molecule has 0 heterocycles. The number of benzene rings is 4. The molecule has 1 spiro atoms. The van der Waals surface area contributed by atoms with Gasteiger partial charge in [0.1, 0.15) is 23.9 Å². The lowest BCUT2D eigenvalue weighted by Crippen LogP contribution is -2.20. The molecule has 0 saturated carbocycles. The molecule has 168 valence electrons. The summed E-state index contributed by atoms with van der Waals surface area (Å²) in [5.74, 6) is 1.45. The van der Waals surface area contributed by atoms with E-state index in [1.807, 2.05) is 48.5 Å². The summed E-state index contributed by atoms with van der Waals surface area (Å²) >= 11 is 0. The lowest BCUT2D eigenvalue weighted by molar-refractivity contribution is 0.306. The summed E-state index contributed by atoms with van der Waals surface area (Å²) in [6.07, 6.45) is 5.01. The first kappa shape index (κ1) is 20.6. The summed E-state index contributed by atoms with van der Waals surface area (Å²) in [6.45, 7) is 0.544. The zero-order chi connectivity index (χ0) is 23.1. The standard InChI is InChI=1S/C31H26O3/c32-26-10-8-23-17-31(19-25(23)15-26)18-24-9-11-27(33)16-29(24)30(31)14-21-6-12-28(13-7-21)34-20-22-4-2-1-3-5-22/h1-16,32-33H,17-20H2. The van der Waals surface area contributed by atoms with Gasteiger partial charge in [-0.25, -0.2) is 0 Å². The molecule has 2 aliphatic carbocycles. The van der Waals surface area contributed by atoms with Gasteiger partial charge in [0.05, 0.1) is 0 Å². The molecule has 2 N–H and O–H groups in total. The molecule has 4 aromatic rings. The van der Waals surface area contributed by atoms with E-state index in [-0.39, 0.29) is 5.41 Å². The maximum Gasteiger partial charge on any atom is 0.119 e. The van der Waals surface area contributed by atoms with Gasteiger partial charge in [-0.3, -0.25) is 0 Å². The Morgan fingerprint density at radius 2 is 1.38 bits per heavy atom. The fourth-order valence-electron chi connectivity index (χ4n) is 5.57. The Balaban J connectivity index is 1.32. The number of rotatable bonds is 4. The van der Waals surface area contributed by atoms with E-state index in [0.29, 0.717) is 18.1 Å². The molecule has 2 aliphatic rings. The first-order chi connectivity index (χ1) is 16.6. The number of allylic oxidation sites excluding steroid dienone is 1. The second-order valence-corrected chi connectivity index (χ2v) is 9.51. The quantitative estimate of drug-likeness (QED) is 0.373. The molecular formula is C31H26O3. The number of ether oxygens (including phenoxy) is 1. The van der Waals surface area contributed by atoms with E-state index in [1.165, 1.54) is 22.3 Å². The van der Waals surface area contributed by atoms with Gasteiger partial charge in [-0.15, -0.1) is 0 Å². The fourth-order valence-corrected chi connectivity index (χ4v) is 5.57. The predicted molar refractivity (Wildman–Crippen MR) is 135 cm³/mol. The Labute approximate surface area is 199 Å². The Morgan fingerprint density at radius 1 is 0.706 bits per heavy atom. The van der Waals surface area contributed by atoms with Crippen LogP contribution in [0.5, 0.6) is 17.2 Å². The molecule has 3 heteroatoms. The third-order valence-electron chi connectivity index (χ3n) is 7.17. The van der Waals surface area contributed by atoms with E-state index >= 15 is 0 Å². The van der Waals surface area contributed by atoms with E-state index in [4.69, 9.17) is 4.74 Å². The molecular weight excluding hydrogens is 420 g/mol. The minimum atomic E-state index is -0.0608. The highest BCUT2D eigenvalue weighted by Crippen LogP contribution is 2.55. The van der Waals surface area contributed by atoms with Gasteiger partial charge in [-0.05, 0) is 94.6 Å². The molecule has 0 amide bonds. The van der Waals surface area contributed by atoms with E-state index in [9.17, 15) is 10.2 Å². The average molecular weight is 447 g/mol. The van der Waals surface area contributed by atoms with Crippen molar-refractivity contribution in [1.82, 2.24) is 0 Å². The fraction of sp³-hybridized carbons (Fsp3) is 0.161. The molecule has 0 bridgehead atoms. The summed E-state index contributed by atoms with van der Waals surface area (Å²) in [7, 11) is 0. The van der Waals surface area contributed by atoms with E-state index < -0.39 is 0 Å². The highest BCUT2D eigenvalue weighted by Gasteiger charge is 2.46. The molecule has 4 aromatic carbocycles. The van der Waals surface area contributed by atoms with Crippen LogP contribution in [-0.2, 0) is 25.9 Å². The monoisotopic (exact) mass is 446 g/mol. The summed E-state index contributed by atoms with van der Waals surface area (Å²) < 4.78 is 5.96. The zero-order valence-corrected chi connectivity index (χ0v) is 18.9. The van der Waals surface area contributed by atoms with Crippen molar-refractivity contribution in [1.29, 1.82) is 0 Å². The van der Waals surface area contributed by atoms with Gasteiger partial charge in [0, 0.05) is 5.41 Å². The maximum atomic E-state index is 10.2. The van der Waals surface area contributed by atoms with Gasteiger partial charge in [0.2, 0.25) is 0 Å². The van der Waals surface area contributed by atoms with Crippen molar-refractivity contribution in [2.45, 2.75) is 25.9 Å². The Kier molecular flexibility index (Phi) is 4.91. The maximum absolute atomic E-state index is 10.2. The number of phenolic OH excluding ortho intramolecular Hbond substituents is 2. The number of hydrogen-bond acceptors (Lipinski definition) is 3. The summed E-state index contributed by atoms with van der Waals surface area (Å²) in [5, 5.41) is 20.3. The largest absolute Gasteiger partial charge is 0.508 e. The minimum Gasteiger partial charge on any atom is -0.508 e. The van der Waals surface area contributed by atoms with E-state index in [1.54, 1.807) is 12.1 Å². The molecule has 0 fully saturated rings. The zero-order valence-electron chi connectivity index (χ0n) is 18.9. The number of phenols is 2. The van der Waals surface area contributed by atoms with Crippen molar-refractivity contribution in [3.8, 4) is 17.2 Å². The Bertz CT molecular complexity index is 1380. The first-order valence-corrected chi connectivity index (χ1v) is 11.7. The topological polar surface area (TPSA) is 49.7 Å². The number of fused-ring (bicyclic) bond motifs is 2. The van der Waals surface area contributed by atoms with E-state index in [2.05, 4.69) is 36.4 Å². The van der Waals surface area contributed by atoms with Crippen LogP contribution in [0.4, 0.5) is 0 Å². The van der Waals surface area contributed by atoms with Crippen LogP contribution in [0.2, 0.25) is 0 Å². The van der Waals surface area contributed by atoms with Crippen LogP contribution >= 0.6 is 0 Å². The lowest BCUT2D eigenvalue weighted by atomic mass is 9.77. The normalized spacial score (nSPS) is 19.4. The van der Waals surface area contributed by atoms with Crippen LogP contribution in [0.1, 0.15) is 33.4 Å².